The van der Waals surface area contributed by atoms with Gasteiger partial charge in [0, 0.05) is 37.3 Å². The van der Waals surface area contributed by atoms with Crippen LogP contribution in [0.15, 0.2) is 23.5 Å². The lowest BCUT2D eigenvalue weighted by atomic mass is 10.1. The maximum atomic E-state index is 4.35. The van der Waals surface area contributed by atoms with Crippen LogP contribution in [0.2, 0.25) is 0 Å². The van der Waals surface area contributed by atoms with Gasteiger partial charge in [0.25, 0.3) is 0 Å². The first-order chi connectivity index (χ1) is 10.7. The summed E-state index contributed by atoms with van der Waals surface area (Å²) in [6.45, 7) is 5.25. The molecule has 0 spiro atoms. The Kier molecular flexibility index (Phi) is 9.94. The normalized spacial score (nSPS) is 20.9. The fraction of sp³-hybridized carbons (Fsp3) is 0.647. The van der Waals surface area contributed by atoms with Gasteiger partial charge in [-0.3, -0.25) is 9.98 Å². The summed E-state index contributed by atoms with van der Waals surface area (Å²) in [4.78, 5) is 8.49. The standard InChI is InChI=1S/C17H28N4S.HI/c1-4-22-16-6-5-15(11-16)21-17(18-3)20-10-8-14-7-9-19-12-13(14)2;/h7,9,12,15-16H,4-6,8,10-11H2,1-3H3,(H2,18,20,21);1H. The quantitative estimate of drug-likeness (QED) is 0.398. The van der Waals surface area contributed by atoms with E-state index in [1.165, 1.54) is 36.1 Å². The molecule has 2 rings (SSSR count). The van der Waals surface area contributed by atoms with Gasteiger partial charge in [-0.25, -0.2) is 0 Å². The van der Waals surface area contributed by atoms with E-state index in [0.29, 0.717) is 6.04 Å². The fourth-order valence-electron chi connectivity index (χ4n) is 2.94. The van der Waals surface area contributed by atoms with Gasteiger partial charge < -0.3 is 10.6 Å². The Morgan fingerprint density at radius 1 is 1.43 bits per heavy atom. The molecule has 1 heterocycles. The maximum absolute atomic E-state index is 4.35. The second kappa shape index (κ2) is 11.1. The van der Waals surface area contributed by atoms with E-state index in [4.69, 9.17) is 0 Å². The molecule has 1 aliphatic rings. The van der Waals surface area contributed by atoms with Crippen molar-refractivity contribution >= 4 is 41.7 Å². The lowest BCUT2D eigenvalue weighted by molar-refractivity contribution is 0.614. The highest BCUT2D eigenvalue weighted by Crippen LogP contribution is 2.29. The van der Waals surface area contributed by atoms with Gasteiger partial charge in [-0.1, -0.05) is 6.92 Å². The van der Waals surface area contributed by atoms with Crippen LogP contribution < -0.4 is 10.6 Å². The topological polar surface area (TPSA) is 49.3 Å². The van der Waals surface area contributed by atoms with Gasteiger partial charge in [0.15, 0.2) is 5.96 Å². The average molecular weight is 448 g/mol. The second-order valence-electron chi connectivity index (χ2n) is 5.78. The molecule has 2 unspecified atom stereocenters. The van der Waals surface area contributed by atoms with Gasteiger partial charge in [0.1, 0.15) is 0 Å². The minimum Gasteiger partial charge on any atom is -0.356 e. The Morgan fingerprint density at radius 2 is 2.26 bits per heavy atom. The predicted octanol–water partition coefficient (Wildman–Crippen LogP) is 3.39. The Bertz CT molecular complexity index is 495. The summed E-state index contributed by atoms with van der Waals surface area (Å²) in [7, 11) is 1.85. The van der Waals surface area contributed by atoms with E-state index < -0.39 is 0 Å². The molecule has 2 atom stereocenters. The van der Waals surface area contributed by atoms with Crippen molar-refractivity contribution in [2.24, 2.45) is 4.99 Å². The molecule has 1 fully saturated rings. The van der Waals surface area contributed by atoms with Gasteiger partial charge in [0.2, 0.25) is 0 Å². The zero-order chi connectivity index (χ0) is 15.8. The molecule has 4 nitrogen and oxygen atoms in total. The highest BCUT2D eigenvalue weighted by molar-refractivity contribution is 14.0. The lowest BCUT2D eigenvalue weighted by Crippen LogP contribution is -2.43. The Labute approximate surface area is 161 Å². The summed E-state index contributed by atoms with van der Waals surface area (Å²) in [5.74, 6) is 2.15. The third-order valence-electron chi connectivity index (χ3n) is 4.17. The van der Waals surface area contributed by atoms with Crippen molar-refractivity contribution in [1.82, 2.24) is 15.6 Å². The molecule has 0 saturated heterocycles. The van der Waals surface area contributed by atoms with Crippen molar-refractivity contribution in [1.29, 1.82) is 0 Å². The van der Waals surface area contributed by atoms with Crippen molar-refractivity contribution in [3.05, 3.63) is 29.6 Å². The number of nitrogens with zero attached hydrogens (tertiary/aromatic N) is 2. The minimum absolute atomic E-state index is 0. The molecule has 0 radical (unpaired) electrons. The Balaban J connectivity index is 0.00000264. The van der Waals surface area contributed by atoms with Crippen LogP contribution in [0.1, 0.15) is 37.3 Å². The monoisotopic (exact) mass is 448 g/mol. The zero-order valence-corrected chi connectivity index (χ0v) is 17.5. The first kappa shape index (κ1) is 20.5. The second-order valence-corrected chi connectivity index (χ2v) is 7.36. The summed E-state index contributed by atoms with van der Waals surface area (Å²) in [6, 6.07) is 2.66. The Hall–Kier alpha value is -0.500. The van der Waals surface area contributed by atoms with Crippen LogP contribution in [-0.2, 0) is 6.42 Å². The molecule has 6 heteroatoms. The average Bonchev–Trinajstić information content (AvgIpc) is 2.96. The molecular weight excluding hydrogens is 419 g/mol. The first-order valence-electron chi connectivity index (χ1n) is 8.21. The molecule has 1 aromatic rings. The SMILES string of the molecule is CCSC1CCC(NC(=NC)NCCc2ccncc2C)C1.I. The van der Waals surface area contributed by atoms with Crippen molar-refractivity contribution in [2.75, 3.05) is 19.3 Å². The number of hydrogen-bond acceptors (Lipinski definition) is 3. The minimum atomic E-state index is 0. The molecule has 2 N–H and O–H groups in total. The number of aryl methyl sites for hydroxylation is 1. The van der Waals surface area contributed by atoms with E-state index in [1.807, 2.05) is 19.4 Å². The zero-order valence-electron chi connectivity index (χ0n) is 14.3. The molecule has 0 aliphatic heterocycles. The van der Waals surface area contributed by atoms with Gasteiger partial charge in [-0.05, 0) is 55.6 Å². The number of thioether (sulfide) groups is 1. The number of nitrogens with one attached hydrogen (secondary N) is 2. The van der Waals surface area contributed by atoms with Gasteiger partial charge in [-0.15, -0.1) is 24.0 Å². The highest BCUT2D eigenvalue weighted by Gasteiger charge is 2.24. The first-order valence-corrected chi connectivity index (χ1v) is 9.26. The highest BCUT2D eigenvalue weighted by atomic mass is 127. The summed E-state index contributed by atoms with van der Waals surface area (Å²) in [6.07, 6.45) is 8.61. The number of hydrogen-bond donors (Lipinski definition) is 2. The number of guanidine groups is 1. The smallest absolute Gasteiger partial charge is 0.191 e. The van der Waals surface area contributed by atoms with Crippen LogP contribution in [-0.4, -0.2) is 41.6 Å². The van der Waals surface area contributed by atoms with Gasteiger partial charge in [-0.2, -0.15) is 11.8 Å². The molecule has 1 aliphatic carbocycles. The van der Waals surface area contributed by atoms with E-state index in [1.54, 1.807) is 0 Å². The summed E-state index contributed by atoms with van der Waals surface area (Å²) in [5.41, 5.74) is 2.60. The maximum Gasteiger partial charge on any atom is 0.191 e. The van der Waals surface area contributed by atoms with Crippen molar-refractivity contribution in [3.8, 4) is 0 Å². The number of halogens is 1. The summed E-state index contributed by atoms with van der Waals surface area (Å²) in [5, 5.41) is 7.82. The largest absolute Gasteiger partial charge is 0.356 e. The third-order valence-corrected chi connectivity index (χ3v) is 5.41. The molecule has 0 amide bonds. The van der Waals surface area contributed by atoms with Gasteiger partial charge >= 0.3 is 0 Å². The van der Waals surface area contributed by atoms with Crippen LogP contribution in [0, 0.1) is 6.92 Å². The number of aromatic nitrogens is 1. The van der Waals surface area contributed by atoms with Crippen molar-refractivity contribution in [3.63, 3.8) is 0 Å². The van der Waals surface area contributed by atoms with Crippen LogP contribution in [0.3, 0.4) is 0 Å². The lowest BCUT2D eigenvalue weighted by Gasteiger charge is -2.17. The van der Waals surface area contributed by atoms with Crippen LogP contribution >= 0.6 is 35.7 Å². The number of aliphatic imine (C=N–C) groups is 1. The fourth-order valence-corrected chi connectivity index (χ4v) is 4.09. The number of pyridine rings is 1. The molecule has 0 aromatic carbocycles. The predicted molar refractivity (Wildman–Crippen MR) is 112 cm³/mol. The van der Waals surface area contributed by atoms with Crippen molar-refractivity contribution < 1.29 is 0 Å². The number of rotatable bonds is 6. The summed E-state index contributed by atoms with van der Waals surface area (Å²) >= 11 is 2.09. The molecule has 0 bridgehead atoms. The Morgan fingerprint density at radius 3 is 2.96 bits per heavy atom. The molecule has 1 aromatic heterocycles. The molecular formula is C17H29IN4S. The molecule has 23 heavy (non-hydrogen) atoms. The molecule has 130 valence electrons. The van der Waals surface area contributed by atoms with Crippen LogP contribution in [0.5, 0.6) is 0 Å². The third kappa shape index (κ3) is 6.87. The van der Waals surface area contributed by atoms with Crippen LogP contribution in [0.25, 0.3) is 0 Å². The van der Waals surface area contributed by atoms with Gasteiger partial charge in [0.05, 0.1) is 0 Å². The van der Waals surface area contributed by atoms with E-state index >= 15 is 0 Å². The van der Waals surface area contributed by atoms with E-state index in [2.05, 4.69) is 52.3 Å². The van der Waals surface area contributed by atoms with E-state index in [-0.39, 0.29) is 24.0 Å². The van der Waals surface area contributed by atoms with Crippen LogP contribution in [0.4, 0.5) is 0 Å². The van der Waals surface area contributed by atoms with E-state index in [9.17, 15) is 0 Å². The van der Waals surface area contributed by atoms with Crippen molar-refractivity contribution in [2.45, 2.75) is 50.8 Å². The van der Waals surface area contributed by atoms with E-state index in [0.717, 1.165) is 24.2 Å². The molecule has 1 saturated carbocycles. The summed E-state index contributed by atoms with van der Waals surface area (Å²) < 4.78 is 0.